The van der Waals surface area contributed by atoms with Gasteiger partial charge < -0.3 is 15.0 Å². The van der Waals surface area contributed by atoms with E-state index in [1.807, 2.05) is 13.8 Å². The maximum absolute atomic E-state index is 14.1. The zero-order valence-electron chi connectivity index (χ0n) is 19.9. The molecule has 2 aliphatic rings. The van der Waals surface area contributed by atoms with Crippen LogP contribution in [0.4, 0.5) is 4.39 Å². The van der Waals surface area contributed by atoms with Gasteiger partial charge in [0.05, 0.1) is 46.9 Å². The molecule has 1 N–H and O–H groups in total. The van der Waals surface area contributed by atoms with E-state index >= 15 is 0 Å². The maximum Gasteiger partial charge on any atom is 0.258 e. The Morgan fingerprint density at radius 2 is 1.91 bits per heavy atom. The highest BCUT2D eigenvalue weighted by molar-refractivity contribution is 6.31. The summed E-state index contributed by atoms with van der Waals surface area (Å²) in [5, 5.41) is 8.14. The number of ether oxygens (including phenoxy) is 1. The molecular weight excluding hydrogens is 473 g/mol. The van der Waals surface area contributed by atoms with E-state index in [0.29, 0.717) is 47.9 Å². The zero-order chi connectivity index (χ0) is 24.9. The van der Waals surface area contributed by atoms with E-state index in [9.17, 15) is 14.0 Å². The van der Waals surface area contributed by atoms with Crippen LogP contribution in [-0.2, 0) is 17.9 Å². The summed E-state index contributed by atoms with van der Waals surface area (Å²) in [5.74, 6) is -0.508. The first-order valence-corrected chi connectivity index (χ1v) is 12.1. The quantitative estimate of drug-likeness (QED) is 0.583. The number of rotatable bonds is 4. The minimum Gasteiger partial charge on any atom is -0.489 e. The van der Waals surface area contributed by atoms with Crippen molar-refractivity contribution in [2.75, 3.05) is 0 Å². The Labute approximate surface area is 207 Å². The Hall–Kier alpha value is -3.20. The number of carbonyl (C=O) groups is 2. The molecule has 184 valence electrons. The van der Waals surface area contributed by atoms with Crippen molar-refractivity contribution in [2.24, 2.45) is 0 Å². The zero-order valence-corrected chi connectivity index (χ0v) is 20.7. The Balaban J connectivity index is 1.34. The van der Waals surface area contributed by atoms with E-state index in [0.717, 1.165) is 29.8 Å². The smallest absolute Gasteiger partial charge is 0.258 e. The molecule has 3 heterocycles. The van der Waals surface area contributed by atoms with Gasteiger partial charge >= 0.3 is 0 Å². The average Bonchev–Trinajstić information content (AvgIpc) is 3.37. The number of hydrogen-bond donors (Lipinski definition) is 1. The maximum atomic E-state index is 14.1. The van der Waals surface area contributed by atoms with E-state index in [1.54, 1.807) is 9.42 Å². The van der Waals surface area contributed by atoms with Gasteiger partial charge in [-0.3, -0.25) is 9.59 Å². The van der Waals surface area contributed by atoms with Gasteiger partial charge in [0, 0.05) is 24.6 Å². The number of aryl methyl sites for hydroxylation is 2. The van der Waals surface area contributed by atoms with E-state index < -0.39 is 5.82 Å². The molecule has 3 aromatic rings. The molecule has 0 bridgehead atoms. The minimum atomic E-state index is -0.460. The van der Waals surface area contributed by atoms with Crippen LogP contribution < -0.4 is 10.1 Å². The van der Waals surface area contributed by atoms with Crippen LogP contribution in [0.15, 0.2) is 18.2 Å². The minimum absolute atomic E-state index is 0.0464. The lowest BCUT2D eigenvalue weighted by Crippen LogP contribution is -2.38. The monoisotopic (exact) mass is 499 g/mol. The summed E-state index contributed by atoms with van der Waals surface area (Å²) >= 11 is 6.33. The Morgan fingerprint density at radius 1 is 1.17 bits per heavy atom. The molecule has 0 unspecified atom stereocenters. The van der Waals surface area contributed by atoms with Crippen molar-refractivity contribution in [1.82, 2.24) is 24.8 Å². The number of halogens is 2. The van der Waals surface area contributed by atoms with Crippen LogP contribution >= 0.6 is 11.6 Å². The van der Waals surface area contributed by atoms with Gasteiger partial charge in [0.15, 0.2) is 5.65 Å². The van der Waals surface area contributed by atoms with Gasteiger partial charge in [-0.25, -0.2) is 13.9 Å². The molecule has 1 fully saturated rings. The number of nitrogens with zero attached hydrogens (tertiary/aromatic N) is 4. The number of amides is 2. The number of benzene rings is 1. The number of fused-ring (bicyclic) bond motifs is 3. The van der Waals surface area contributed by atoms with Crippen LogP contribution in [0.1, 0.15) is 65.6 Å². The van der Waals surface area contributed by atoms with Crippen molar-refractivity contribution in [3.63, 3.8) is 0 Å². The first-order chi connectivity index (χ1) is 16.7. The first kappa shape index (κ1) is 23.5. The predicted molar refractivity (Wildman–Crippen MR) is 128 cm³/mol. The molecule has 1 aliphatic heterocycles. The summed E-state index contributed by atoms with van der Waals surface area (Å²) < 4.78 is 22.0. The summed E-state index contributed by atoms with van der Waals surface area (Å²) in [6, 6.07) is 4.15. The second-order valence-corrected chi connectivity index (χ2v) is 9.73. The summed E-state index contributed by atoms with van der Waals surface area (Å²) in [6.07, 6.45) is 2.84. The fourth-order valence-corrected chi connectivity index (χ4v) is 5.11. The molecule has 1 aliphatic carbocycles. The Kier molecular flexibility index (Phi) is 6.13. The highest BCUT2D eigenvalue weighted by Gasteiger charge is 2.32. The molecule has 5 rings (SSSR count). The van der Waals surface area contributed by atoms with Crippen molar-refractivity contribution in [3.05, 3.63) is 57.2 Å². The fourth-order valence-electron chi connectivity index (χ4n) is 4.99. The Morgan fingerprint density at radius 3 is 2.63 bits per heavy atom. The highest BCUT2D eigenvalue weighted by Crippen LogP contribution is 2.33. The first-order valence-electron chi connectivity index (χ1n) is 11.8. The molecule has 2 amide bonds. The molecule has 1 saturated carbocycles. The average molecular weight is 500 g/mol. The van der Waals surface area contributed by atoms with E-state index in [1.165, 1.54) is 25.1 Å². The van der Waals surface area contributed by atoms with Crippen LogP contribution in [0, 0.1) is 19.7 Å². The van der Waals surface area contributed by atoms with Gasteiger partial charge in [-0.05, 0) is 51.7 Å². The van der Waals surface area contributed by atoms with Gasteiger partial charge in [0.1, 0.15) is 11.6 Å². The van der Waals surface area contributed by atoms with Crippen LogP contribution in [0.2, 0.25) is 5.02 Å². The van der Waals surface area contributed by atoms with Gasteiger partial charge in [0.2, 0.25) is 5.91 Å². The van der Waals surface area contributed by atoms with E-state index in [4.69, 9.17) is 16.3 Å². The standard InChI is InChI=1S/C25H27ClFN5O3/c1-13-23(26)14(2)32-24(28-13)20-11-31(12-21(20)30-32)25(34)19-9-4-16(27)10-22(19)35-18-7-5-17(6-8-18)29-15(3)33/h4,9-10,17-18H,5-8,11-12H2,1-3H3,(H,29,33). The summed E-state index contributed by atoms with van der Waals surface area (Å²) in [4.78, 5) is 31.1. The van der Waals surface area contributed by atoms with Gasteiger partial charge in [-0.2, -0.15) is 5.10 Å². The van der Waals surface area contributed by atoms with E-state index in [2.05, 4.69) is 15.4 Å². The molecule has 1 aromatic carbocycles. The molecule has 2 aromatic heterocycles. The van der Waals surface area contributed by atoms with Crippen LogP contribution in [0.5, 0.6) is 5.75 Å². The topological polar surface area (TPSA) is 88.8 Å². The SMILES string of the molecule is CC(=O)NC1CCC(Oc2cc(F)ccc2C(=O)N2Cc3nn4c(C)c(Cl)c(C)nc4c3C2)CC1. The third kappa shape index (κ3) is 4.45. The third-order valence-corrected chi connectivity index (χ3v) is 7.34. The summed E-state index contributed by atoms with van der Waals surface area (Å²) in [7, 11) is 0. The molecule has 0 spiro atoms. The van der Waals surface area contributed by atoms with Crippen LogP contribution in [-0.4, -0.2) is 43.5 Å². The van der Waals surface area contributed by atoms with Gasteiger partial charge in [0.25, 0.3) is 5.91 Å². The fraction of sp³-hybridized carbons (Fsp3) is 0.440. The largest absolute Gasteiger partial charge is 0.489 e. The molecule has 10 heteroatoms. The van der Waals surface area contributed by atoms with Crippen LogP contribution in [0.3, 0.4) is 0 Å². The van der Waals surface area contributed by atoms with Crippen molar-refractivity contribution < 1.29 is 18.7 Å². The number of hydrogen-bond acceptors (Lipinski definition) is 5. The molecule has 0 atom stereocenters. The lowest BCUT2D eigenvalue weighted by atomic mass is 9.93. The lowest BCUT2D eigenvalue weighted by Gasteiger charge is -2.30. The summed E-state index contributed by atoms with van der Waals surface area (Å²) in [5.41, 5.74) is 4.20. The normalized spacial score (nSPS) is 19.6. The van der Waals surface area contributed by atoms with Gasteiger partial charge in [-0.15, -0.1) is 0 Å². The highest BCUT2D eigenvalue weighted by atomic mass is 35.5. The number of aromatic nitrogens is 3. The molecule has 35 heavy (non-hydrogen) atoms. The third-order valence-electron chi connectivity index (χ3n) is 6.79. The van der Waals surface area contributed by atoms with Crippen molar-refractivity contribution in [3.8, 4) is 5.75 Å². The van der Waals surface area contributed by atoms with Crippen LogP contribution in [0.25, 0.3) is 5.65 Å². The van der Waals surface area contributed by atoms with Crippen molar-refractivity contribution >= 4 is 29.1 Å². The molecule has 0 saturated heterocycles. The Bertz CT molecular complexity index is 1330. The molecular formula is C25H27ClFN5O3. The summed E-state index contributed by atoms with van der Waals surface area (Å²) in [6.45, 7) is 5.92. The predicted octanol–water partition coefficient (Wildman–Crippen LogP) is 4.12. The lowest BCUT2D eigenvalue weighted by molar-refractivity contribution is -0.120. The van der Waals surface area contributed by atoms with Crippen molar-refractivity contribution in [1.29, 1.82) is 0 Å². The number of nitrogens with one attached hydrogen (secondary N) is 1. The van der Waals surface area contributed by atoms with E-state index in [-0.39, 0.29) is 29.7 Å². The number of carbonyl (C=O) groups excluding carboxylic acids is 2. The molecule has 8 nitrogen and oxygen atoms in total. The van der Waals surface area contributed by atoms with Gasteiger partial charge in [-0.1, -0.05) is 11.6 Å². The second kappa shape index (κ2) is 9.11. The molecule has 0 radical (unpaired) electrons. The van der Waals surface area contributed by atoms with Crippen molar-refractivity contribution in [2.45, 2.75) is 71.7 Å². The second-order valence-electron chi connectivity index (χ2n) is 9.35.